The Labute approximate surface area is 93.4 Å². The number of carbonyl (C=O) groups excluding carboxylic acids is 3. The fraction of sp³-hybridized carbons (Fsp3) is 0.700. The molecule has 2 saturated heterocycles. The van der Waals surface area contributed by atoms with Crippen LogP contribution in [0.25, 0.3) is 0 Å². The van der Waals surface area contributed by atoms with Crippen molar-refractivity contribution >= 4 is 17.7 Å². The zero-order valence-electron chi connectivity index (χ0n) is 9.16. The third kappa shape index (κ3) is 2.21. The molecule has 0 aromatic carbocycles. The van der Waals surface area contributed by atoms with Crippen molar-refractivity contribution < 1.29 is 14.4 Å². The molecule has 2 aliphatic rings. The van der Waals surface area contributed by atoms with E-state index in [2.05, 4.69) is 10.6 Å². The third-order valence-electron chi connectivity index (χ3n) is 3.03. The Kier molecular flexibility index (Phi) is 2.91. The van der Waals surface area contributed by atoms with Gasteiger partial charge in [-0.15, -0.1) is 0 Å². The maximum atomic E-state index is 11.3. The fourth-order valence-electron chi connectivity index (χ4n) is 2.12. The Morgan fingerprint density at radius 2 is 2.12 bits per heavy atom. The zero-order valence-corrected chi connectivity index (χ0v) is 9.16. The first-order chi connectivity index (χ1) is 7.56. The smallest absolute Gasteiger partial charge is 0.244 e. The molecular formula is C10H15N3O3. The van der Waals surface area contributed by atoms with Crippen LogP contribution in [0, 0.1) is 0 Å². The summed E-state index contributed by atoms with van der Waals surface area (Å²) in [4.78, 5) is 35.2. The van der Waals surface area contributed by atoms with Crippen molar-refractivity contribution in [3.8, 4) is 0 Å². The average molecular weight is 225 g/mol. The number of likely N-dealkylation sites (N-methyl/N-ethyl adjacent to an activating group) is 1. The molecule has 0 aliphatic carbocycles. The van der Waals surface area contributed by atoms with Crippen molar-refractivity contribution in [1.82, 2.24) is 15.5 Å². The summed E-state index contributed by atoms with van der Waals surface area (Å²) in [6.07, 6.45) is 1.42. The molecule has 0 spiro atoms. The van der Waals surface area contributed by atoms with Gasteiger partial charge in [0.05, 0.1) is 12.5 Å². The number of nitrogens with one attached hydrogen (secondary N) is 2. The summed E-state index contributed by atoms with van der Waals surface area (Å²) in [5.74, 6) is -0.364. The predicted molar refractivity (Wildman–Crippen MR) is 55.3 cm³/mol. The number of carbonyl (C=O) groups is 3. The van der Waals surface area contributed by atoms with E-state index in [-0.39, 0.29) is 30.2 Å². The van der Waals surface area contributed by atoms with Gasteiger partial charge in [-0.3, -0.25) is 19.7 Å². The van der Waals surface area contributed by atoms with Gasteiger partial charge in [-0.1, -0.05) is 0 Å². The topological polar surface area (TPSA) is 78.5 Å². The van der Waals surface area contributed by atoms with Crippen LogP contribution in [0.2, 0.25) is 0 Å². The second kappa shape index (κ2) is 4.21. The molecular weight excluding hydrogens is 210 g/mol. The van der Waals surface area contributed by atoms with E-state index in [1.165, 1.54) is 0 Å². The van der Waals surface area contributed by atoms with Gasteiger partial charge in [-0.05, 0) is 6.42 Å². The lowest BCUT2D eigenvalue weighted by Gasteiger charge is -2.31. The van der Waals surface area contributed by atoms with Crippen LogP contribution in [0.15, 0.2) is 0 Å². The number of amides is 3. The highest BCUT2D eigenvalue weighted by Crippen LogP contribution is 2.12. The number of likely N-dealkylation sites (tertiary alicyclic amines) is 1. The highest BCUT2D eigenvalue weighted by molar-refractivity contribution is 6.05. The number of hydrogen-bond acceptors (Lipinski definition) is 4. The molecule has 16 heavy (non-hydrogen) atoms. The largest absolute Gasteiger partial charge is 0.344 e. The van der Waals surface area contributed by atoms with Crippen molar-refractivity contribution in [3.63, 3.8) is 0 Å². The van der Waals surface area contributed by atoms with Gasteiger partial charge in [0.25, 0.3) is 0 Å². The van der Waals surface area contributed by atoms with Gasteiger partial charge in [0.1, 0.15) is 0 Å². The third-order valence-corrected chi connectivity index (χ3v) is 3.03. The van der Waals surface area contributed by atoms with Crippen LogP contribution in [0.5, 0.6) is 0 Å². The molecule has 0 aromatic heterocycles. The van der Waals surface area contributed by atoms with Gasteiger partial charge in [-0.25, -0.2) is 0 Å². The summed E-state index contributed by atoms with van der Waals surface area (Å²) in [6.45, 7) is 0.594. The Balaban J connectivity index is 1.88. The number of rotatable bonds is 2. The van der Waals surface area contributed by atoms with Crippen LogP contribution in [0.1, 0.15) is 19.3 Å². The van der Waals surface area contributed by atoms with Crippen molar-refractivity contribution in [2.45, 2.75) is 31.3 Å². The molecule has 2 heterocycles. The molecule has 6 heteroatoms. The van der Waals surface area contributed by atoms with Crippen LogP contribution in [0.4, 0.5) is 0 Å². The van der Waals surface area contributed by atoms with E-state index in [9.17, 15) is 14.4 Å². The molecule has 0 unspecified atom stereocenters. The van der Waals surface area contributed by atoms with E-state index >= 15 is 0 Å². The van der Waals surface area contributed by atoms with Crippen molar-refractivity contribution in [1.29, 1.82) is 0 Å². The Bertz CT molecular complexity index is 342. The van der Waals surface area contributed by atoms with Crippen LogP contribution in [0.3, 0.4) is 0 Å². The monoisotopic (exact) mass is 225 g/mol. The minimum Gasteiger partial charge on any atom is -0.344 e. The molecule has 2 rings (SSSR count). The second-order valence-corrected chi connectivity index (χ2v) is 4.35. The quantitative estimate of drug-likeness (QED) is 0.567. The van der Waals surface area contributed by atoms with E-state index in [1.54, 1.807) is 11.9 Å². The molecule has 0 bridgehead atoms. The predicted octanol–water partition coefficient (Wildman–Crippen LogP) is -1.39. The first-order valence-electron chi connectivity index (χ1n) is 5.40. The number of piperidine rings is 1. The molecule has 6 nitrogen and oxygen atoms in total. The first-order valence-corrected chi connectivity index (χ1v) is 5.40. The number of nitrogens with zero attached hydrogens (tertiary/aromatic N) is 1. The lowest BCUT2D eigenvalue weighted by molar-refractivity contribution is -0.132. The van der Waals surface area contributed by atoms with Gasteiger partial charge in [0.2, 0.25) is 17.7 Å². The van der Waals surface area contributed by atoms with Gasteiger partial charge >= 0.3 is 0 Å². The Morgan fingerprint density at radius 1 is 1.38 bits per heavy atom. The SMILES string of the molecule is CN1C[C@@H](N[C@H]2CC(=O)NC2=O)CCC1=O. The number of imide groups is 1. The molecule has 2 atom stereocenters. The van der Waals surface area contributed by atoms with Crippen LogP contribution in [-0.2, 0) is 14.4 Å². The highest BCUT2D eigenvalue weighted by Gasteiger charge is 2.33. The fourth-order valence-corrected chi connectivity index (χ4v) is 2.12. The molecule has 88 valence electrons. The molecule has 3 amide bonds. The van der Waals surface area contributed by atoms with Gasteiger partial charge in [0, 0.05) is 26.1 Å². The minimum atomic E-state index is -0.431. The lowest BCUT2D eigenvalue weighted by Crippen LogP contribution is -2.51. The summed E-state index contributed by atoms with van der Waals surface area (Å²) in [5.41, 5.74) is 0. The maximum Gasteiger partial charge on any atom is 0.244 e. The Morgan fingerprint density at radius 3 is 2.69 bits per heavy atom. The molecule has 0 saturated carbocycles. The molecule has 2 fully saturated rings. The standard InChI is InChI=1S/C10H15N3O3/c1-13-5-6(2-3-9(13)15)11-7-4-8(14)12-10(7)16/h6-7,11H,2-5H2,1H3,(H,12,14,16)/t6-,7-/m0/s1. The van der Waals surface area contributed by atoms with Crippen molar-refractivity contribution in [2.75, 3.05) is 13.6 Å². The summed E-state index contributed by atoms with van der Waals surface area (Å²) in [6, 6.07) is -0.330. The number of hydrogen-bond donors (Lipinski definition) is 2. The summed E-state index contributed by atoms with van der Waals surface area (Å²) < 4.78 is 0. The summed E-state index contributed by atoms with van der Waals surface area (Å²) >= 11 is 0. The first kappa shape index (κ1) is 11.1. The Hall–Kier alpha value is -1.43. The van der Waals surface area contributed by atoms with Gasteiger partial charge in [-0.2, -0.15) is 0 Å². The maximum absolute atomic E-state index is 11.3. The average Bonchev–Trinajstić information content (AvgIpc) is 2.51. The molecule has 2 aliphatic heterocycles. The highest BCUT2D eigenvalue weighted by atomic mass is 16.2. The molecule has 0 aromatic rings. The molecule has 0 radical (unpaired) electrons. The van der Waals surface area contributed by atoms with E-state index in [1.807, 2.05) is 0 Å². The van der Waals surface area contributed by atoms with E-state index in [0.717, 1.165) is 6.42 Å². The second-order valence-electron chi connectivity index (χ2n) is 4.35. The van der Waals surface area contributed by atoms with Gasteiger partial charge in [0.15, 0.2) is 0 Å². The molecule has 2 N–H and O–H groups in total. The van der Waals surface area contributed by atoms with Crippen LogP contribution in [-0.4, -0.2) is 48.3 Å². The lowest BCUT2D eigenvalue weighted by atomic mass is 10.0. The van der Waals surface area contributed by atoms with E-state index < -0.39 is 6.04 Å². The minimum absolute atomic E-state index is 0.101. The van der Waals surface area contributed by atoms with Crippen LogP contribution >= 0.6 is 0 Å². The van der Waals surface area contributed by atoms with Crippen molar-refractivity contribution in [3.05, 3.63) is 0 Å². The van der Waals surface area contributed by atoms with Crippen molar-refractivity contribution in [2.24, 2.45) is 0 Å². The van der Waals surface area contributed by atoms with Crippen LogP contribution < -0.4 is 10.6 Å². The van der Waals surface area contributed by atoms with E-state index in [0.29, 0.717) is 13.0 Å². The summed E-state index contributed by atoms with van der Waals surface area (Å²) in [5, 5.41) is 5.38. The van der Waals surface area contributed by atoms with Gasteiger partial charge < -0.3 is 10.2 Å². The normalized spacial score (nSPS) is 30.8. The summed E-state index contributed by atoms with van der Waals surface area (Å²) in [7, 11) is 1.75. The van der Waals surface area contributed by atoms with E-state index in [4.69, 9.17) is 0 Å². The zero-order chi connectivity index (χ0) is 11.7.